The molecule has 27 heavy (non-hydrogen) atoms. The first kappa shape index (κ1) is 19.3. The summed E-state index contributed by atoms with van der Waals surface area (Å²) in [6, 6.07) is 12.8. The highest BCUT2D eigenvalue weighted by Gasteiger charge is 2.19. The van der Waals surface area contributed by atoms with Gasteiger partial charge in [0.05, 0.1) is 21.6 Å². The number of rotatable bonds is 5. The number of allylic oxidation sites excluding steroid dienone is 2. The molecule has 0 aliphatic rings. The van der Waals surface area contributed by atoms with Gasteiger partial charge in [0, 0.05) is 17.2 Å². The molecule has 0 heterocycles. The Morgan fingerprint density at radius 1 is 1.07 bits per heavy atom. The van der Waals surface area contributed by atoms with Crippen molar-refractivity contribution in [3.05, 3.63) is 86.0 Å². The lowest BCUT2D eigenvalue weighted by atomic mass is 10.2. The van der Waals surface area contributed by atoms with E-state index in [4.69, 9.17) is 0 Å². The van der Waals surface area contributed by atoms with Crippen LogP contribution < -0.4 is 5.43 Å². The molecular weight excluding hydrogens is 348 g/mol. The summed E-state index contributed by atoms with van der Waals surface area (Å²) in [5.74, 6) is 6.01. The zero-order valence-corrected chi connectivity index (χ0v) is 14.7. The molecule has 0 unspecified atom stereocenters. The van der Waals surface area contributed by atoms with E-state index in [1.54, 1.807) is 13.0 Å². The van der Waals surface area contributed by atoms with Crippen molar-refractivity contribution in [2.24, 2.45) is 5.10 Å². The Labute approximate surface area is 155 Å². The first-order valence-corrected chi connectivity index (χ1v) is 7.85. The molecule has 0 aliphatic heterocycles. The number of non-ortho nitro benzene ring substituents is 1. The highest BCUT2D eigenvalue weighted by atomic mass is 16.6. The van der Waals surface area contributed by atoms with Crippen LogP contribution in [0.1, 0.15) is 19.4 Å². The molecule has 1 N–H and O–H groups in total. The van der Waals surface area contributed by atoms with Crippen molar-refractivity contribution in [1.29, 1.82) is 0 Å². The minimum absolute atomic E-state index is 0.0615. The van der Waals surface area contributed by atoms with Gasteiger partial charge in [-0.3, -0.25) is 25.7 Å². The minimum atomic E-state index is -0.702. The molecule has 8 heteroatoms. The summed E-state index contributed by atoms with van der Waals surface area (Å²) in [6.45, 7) is 3.53. The zero-order chi connectivity index (χ0) is 19.8. The van der Waals surface area contributed by atoms with Crippen LogP contribution in [0.4, 0.5) is 17.1 Å². The zero-order valence-electron chi connectivity index (χ0n) is 14.7. The maximum Gasteiger partial charge on any atom is 0.301 e. The number of nitrogens with one attached hydrogen (secondary N) is 1. The molecule has 136 valence electrons. The molecule has 0 radical (unpaired) electrons. The van der Waals surface area contributed by atoms with Crippen LogP contribution in [0.2, 0.25) is 0 Å². The number of hydrogen-bond acceptors (Lipinski definition) is 6. The van der Waals surface area contributed by atoms with Gasteiger partial charge in [0.2, 0.25) is 0 Å². The molecule has 8 nitrogen and oxygen atoms in total. The summed E-state index contributed by atoms with van der Waals surface area (Å²) in [5.41, 5.74) is 4.04. The SMILES string of the molecule is CC(/C=C(\C)C#Cc1ccccc1)=N/Nc1ccc([N+](=O)[O-])cc1[N+](=O)[O-]. The molecule has 0 amide bonds. The standard InChI is InChI=1S/C19H16N4O4/c1-14(8-9-16-6-4-3-5-7-16)12-15(2)20-21-18-11-10-17(22(24)25)13-19(18)23(26)27/h3-7,10-13,21H,1-2H3/b14-12+,20-15-. The van der Waals surface area contributed by atoms with Crippen molar-refractivity contribution >= 4 is 22.8 Å². The number of benzene rings is 2. The van der Waals surface area contributed by atoms with Gasteiger partial charge in [-0.1, -0.05) is 30.0 Å². The summed E-state index contributed by atoms with van der Waals surface area (Å²) < 4.78 is 0. The Hall–Kier alpha value is -3.99. The van der Waals surface area contributed by atoms with Crippen LogP contribution in [-0.2, 0) is 0 Å². The van der Waals surface area contributed by atoms with E-state index in [0.29, 0.717) is 5.71 Å². The summed E-state index contributed by atoms with van der Waals surface area (Å²) in [5, 5.41) is 25.9. The van der Waals surface area contributed by atoms with Crippen LogP contribution in [0.5, 0.6) is 0 Å². The van der Waals surface area contributed by atoms with Crippen molar-refractivity contribution in [3.63, 3.8) is 0 Å². The Kier molecular flexibility index (Phi) is 6.39. The maximum absolute atomic E-state index is 11.1. The predicted molar refractivity (Wildman–Crippen MR) is 104 cm³/mol. The Bertz CT molecular complexity index is 986. The molecule has 0 spiro atoms. The molecule has 0 saturated carbocycles. The number of nitrogens with zero attached hydrogens (tertiary/aromatic N) is 3. The molecule has 0 fully saturated rings. The fraction of sp³-hybridized carbons (Fsp3) is 0.105. The van der Waals surface area contributed by atoms with E-state index in [2.05, 4.69) is 22.4 Å². The van der Waals surface area contributed by atoms with Crippen LogP contribution in [0.3, 0.4) is 0 Å². The molecular formula is C19H16N4O4. The number of anilines is 1. The predicted octanol–water partition coefficient (Wildman–Crippen LogP) is 4.29. The summed E-state index contributed by atoms with van der Waals surface area (Å²) in [7, 11) is 0. The fourth-order valence-electron chi connectivity index (χ4n) is 2.10. The van der Waals surface area contributed by atoms with Gasteiger partial charge in [-0.05, 0) is 38.1 Å². The van der Waals surface area contributed by atoms with Crippen LogP contribution in [0.15, 0.2) is 65.3 Å². The third-order valence-corrected chi connectivity index (χ3v) is 3.34. The molecule has 2 rings (SSSR count). The highest BCUT2D eigenvalue weighted by molar-refractivity contribution is 5.94. The second-order valence-corrected chi connectivity index (χ2v) is 5.52. The van der Waals surface area contributed by atoms with E-state index in [9.17, 15) is 20.2 Å². The number of hydrazone groups is 1. The van der Waals surface area contributed by atoms with Crippen LogP contribution in [-0.4, -0.2) is 15.6 Å². The normalized spacial score (nSPS) is 11.3. The third-order valence-electron chi connectivity index (χ3n) is 3.34. The Morgan fingerprint density at radius 2 is 1.78 bits per heavy atom. The van der Waals surface area contributed by atoms with Crippen molar-refractivity contribution < 1.29 is 9.85 Å². The van der Waals surface area contributed by atoms with Crippen molar-refractivity contribution in [2.45, 2.75) is 13.8 Å². The van der Waals surface area contributed by atoms with Gasteiger partial charge in [-0.15, -0.1) is 0 Å². The first-order valence-electron chi connectivity index (χ1n) is 7.85. The smallest absolute Gasteiger partial charge is 0.271 e. The summed E-state index contributed by atoms with van der Waals surface area (Å²) in [6.07, 6.45) is 1.72. The van der Waals surface area contributed by atoms with E-state index >= 15 is 0 Å². The molecule has 0 aromatic heterocycles. The lowest BCUT2D eigenvalue weighted by molar-refractivity contribution is -0.393. The Balaban J connectivity index is 2.16. The topological polar surface area (TPSA) is 111 Å². The van der Waals surface area contributed by atoms with E-state index < -0.39 is 15.5 Å². The first-order chi connectivity index (χ1) is 12.9. The van der Waals surface area contributed by atoms with Crippen LogP contribution in [0, 0.1) is 32.1 Å². The molecule has 0 bridgehead atoms. The van der Waals surface area contributed by atoms with Gasteiger partial charge in [0.1, 0.15) is 5.69 Å². The average molecular weight is 364 g/mol. The van der Waals surface area contributed by atoms with Crippen molar-refractivity contribution in [3.8, 4) is 11.8 Å². The quantitative estimate of drug-likeness (QED) is 0.368. The van der Waals surface area contributed by atoms with E-state index in [-0.39, 0.29) is 11.4 Å². The molecule has 2 aromatic rings. The van der Waals surface area contributed by atoms with Crippen molar-refractivity contribution in [2.75, 3.05) is 5.43 Å². The average Bonchev–Trinajstić information content (AvgIpc) is 2.65. The second kappa shape index (κ2) is 8.92. The van der Waals surface area contributed by atoms with Crippen molar-refractivity contribution in [1.82, 2.24) is 0 Å². The lowest BCUT2D eigenvalue weighted by Crippen LogP contribution is -2.00. The molecule has 0 saturated heterocycles. The highest BCUT2D eigenvalue weighted by Crippen LogP contribution is 2.28. The summed E-state index contributed by atoms with van der Waals surface area (Å²) in [4.78, 5) is 20.5. The molecule has 0 atom stereocenters. The largest absolute Gasteiger partial charge is 0.301 e. The van der Waals surface area contributed by atoms with E-state index in [0.717, 1.165) is 17.2 Å². The van der Waals surface area contributed by atoms with E-state index in [1.807, 2.05) is 37.3 Å². The van der Waals surface area contributed by atoms with Gasteiger partial charge < -0.3 is 0 Å². The number of hydrogen-bond donors (Lipinski definition) is 1. The van der Waals surface area contributed by atoms with Gasteiger partial charge in [-0.2, -0.15) is 5.10 Å². The number of nitro groups is 2. The monoisotopic (exact) mass is 364 g/mol. The molecule has 2 aromatic carbocycles. The Morgan fingerprint density at radius 3 is 2.41 bits per heavy atom. The van der Waals surface area contributed by atoms with Crippen LogP contribution in [0.25, 0.3) is 0 Å². The lowest BCUT2D eigenvalue weighted by Gasteiger charge is -2.03. The van der Waals surface area contributed by atoms with Crippen LogP contribution >= 0.6 is 0 Å². The minimum Gasteiger partial charge on any atom is -0.271 e. The second-order valence-electron chi connectivity index (χ2n) is 5.52. The van der Waals surface area contributed by atoms with Gasteiger partial charge in [-0.25, -0.2) is 0 Å². The fourth-order valence-corrected chi connectivity index (χ4v) is 2.10. The van der Waals surface area contributed by atoms with Gasteiger partial charge >= 0.3 is 5.69 Å². The molecule has 0 aliphatic carbocycles. The van der Waals surface area contributed by atoms with Gasteiger partial charge in [0.25, 0.3) is 5.69 Å². The van der Waals surface area contributed by atoms with Gasteiger partial charge in [0.15, 0.2) is 0 Å². The third kappa shape index (κ3) is 5.79. The summed E-state index contributed by atoms with van der Waals surface area (Å²) >= 11 is 0. The van der Waals surface area contributed by atoms with E-state index in [1.165, 1.54) is 12.1 Å². The number of nitro benzene ring substituents is 2. The maximum atomic E-state index is 11.1.